The first kappa shape index (κ1) is 17.9. The van der Waals surface area contributed by atoms with Crippen molar-refractivity contribution in [1.29, 1.82) is 5.26 Å². The van der Waals surface area contributed by atoms with Gasteiger partial charge in [-0.1, -0.05) is 12.1 Å². The van der Waals surface area contributed by atoms with E-state index in [0.29, 0.717) is 16.5 Å². The monoisotopic (exact) mass is 375 g/mol. The summed E-state index contributed by atoms with van der Waals surface area (Å²) in [4.78, 5) is 15.7. The Morgan fingerprint density at radius 3 is 2.65 bits per heavy atom. The molecule has 2 aromatic heterocycles. The van der Waals surface area contributed by atoms with Gasteiger partial charge in [0.15, 0.2) is 5.03 Å². The number of nitrogens with two attached hydrogens (primary N) is 1. The number of nitrogens with one attached hydrogen (secondary N) is 1. The van der Waals surface area contributed by atoms with E-state index in [4.69, 9.17) is 10.4 Å². The molecular formula is C16H17N5O4S. The van der Waals surface area contributed by atoms with Crippen LogP contribution in [-0.4, -0.2) is 33.2 Å². The molecule has 3 rings (SSSR count). The summed E-state index contributed by atoms with van der Waals surface area (Å²) in [5.74, 6) is 0. The van der Waals surface area contributed by atoms with E-state index in [9.17, 15) is 18.3 Å². The van der Waals surface area contributed by atoms with E-state index in [1.807, 2.05) is 6.07 Å². The zero-order chi connectivity index (χ0) is 19.3. The number of benzene rings is 1. The van der Waals surface area contributed by atoms with Crippen LogP contribution in [0, 0.1) is 11.3 Å². The number of imidazole rings is 1. The number of aliphatic hydroxyl groups is 1. The first-order valence-corrected chi connectivity index (χ1v) is 9.15. The van der Waals surface area contributed by atoms with Gasteiger partial charge >= 0.3 is 5.69 Å². The SMILES string of the molecule is CC(C)(O)Cn1cc(S(N)(=O)=O)n(-c2cccc3c(C#N)c[nH]c23)c1=O. The first-order chi connectivity index (χ1) is 12.0. The topological polar surface area (TPSA) is 147 Å². The van der Waals surface area contributed by atoms with Gasteiger partial charge in [0.1, 0.15) is 6.07 Å². The predicted octanol–water partition coefficient (Wildman–Crippen LogP) is 0.410. The molecule has 0 saturated heterocycles. The van der Waals surface area contributed by atoms with Crippen LogP contribution in [0.15, 0.2) is 40.4 Å². The number of sulfonamides is 1. The number of aromatic nitrogens is 3. The van der Waals surface area contributed by atoms with Crippen molar-refractivity contribution in [2.24, 2.45) is 5.14 Å². The number of aromatic amines is 1. The molecule has 0 aliphatic heterocycles. The smallest absolute Gasteiger partial charge is 0.334 e. The van der Waals surface area contributed by atoms with Gasteiger partial charge in [0.25, 0.3) is 10.0 Å². The molecule has 0 radical (unpaired) electrons. The van der Waals surface area contributed by atoms with Crippen molar-refractivity contribution in [3.63, 3.8) is 0 Å². The number of para-hydroxylation sites is 1. The maximum absolute atomic E-state index is 12.9. The van der Waals surface area contributed by atoms with Gasteiger partial charge in [-0.25, -0.2) is 22.9 Å². The molecule has 0 fully saturated rings. The van der Waals surface area contributed by atoms with Crippen LogP contribution >= 0.6 is 0 Å². The van der Waals surface area contributed by atoms with E-state index >= 15 is 0 Å². The van der Waals surface area contributed by atoms with E-state index in [0.717, 1.165) is 15.3 Å². The summed E-state index contributed by atoms with van der Waals surface area (Å²) in [7, 11) is -4.22. The van der Waals surface area contributed by atoms with Crippen molar-refractivity contribution >= 4 is 20.9 Å². The molecule has 0 saturated carbocycles. The fraction of sp³-hybridized carbons (Fsp3) is 0.250. The zero-order valence-corrected chi connectivity index (χ0v) is 14.9. The quantitative estimate of drug-likeness (QED) is 0.604. The molecule has 0 aliphatic rings. The highest BCUT2D eigenvalue weighted by molar-refractivity contribution is 7.89. The number of primary sulfonamides is 1. The van der Waals surface area contributed by atoms with Crippen molar-refractivity contribution < 1.29 is 13.5 Å². The fourth-order valence-corrected chi connectivity index (χ4v) is 3.54. The van der Waals surface area contributed by atoms with E-state index < -0.39 is 26.3 Å². The molecule has 136 valence electrons. The van der Waals surface area contributed by atoms with Gasteiger partial charge in [-0.15, -0.1) is 0 Å². The van der Waals surface area contributed by atoms with Crippen LogP contribution in [-0.2, 0) is 16.6 Å². The Hall–Kier alpha value is -2.87. The molecule has 0 unspecified atom stereocenters. The molecule has 4 N–H and O–H groups in total. The van der Waals surface area contributed by atoms with Gasteiger partial charge in [-0.05, 0) is 19.9 Å². The second-order valence-corrected chi connectivity index (χ2v) is 8.09. The largest absolute Gasteiger partial charge is 0.389 e. The Morgan fingerprint density at radius 2 is 2.08 bits per heavy atom. The molecule has 0 amide bonds. The average Bonchev–Trinajstić information content (AvgIpc) is 3.07. The van der Waals surface area contributed by atoms with Crippen LogP contribution in [0.25, 0.3) is 16.6 Å². The number of nitrogens with zero attached hydrogens (tertiary/aromatic N) is 3. The molecule has 0 atom stereocenters. The molecule has 10 heteroatoms. The van der Waals surface area contributed by atoms with Gasteiger partial charge in [-0.3, -0.25) is 4.57 Å². The standard InChI is InChI=1S/C16H17N5O4S/c1-16(2,23)9-20-8-13(26(18,24)25)21(15(20)22)12-5-3-4-11-10(6-17)7-19-14(11)12/h3-5,7-8,19,23H,9H2,1-2H3,(H2,18,24,25). The molecule has 1 aromatic carbocycles. The van der Waals surface area contributed by atoms with E-state index in [1.54, 1.807) is 18.2 Å². The normalized spacial score (nSPS) is 12.4. The van der Waals surface area contributed by atoms with Crippen molar-refractivity contribution in [2.45, 2.75) is 31.0 Å². The van der Waals surface area contributed by atoms with Gasteiger partial charge < -0.3 is 10.1 Å². The van der Waals surface area contributed by atoms with Gasteiger partial charge in [0.2, 0.25) is 0 Å². The first-order valence-electron chi connectivity index (χ1n) is 7.61. The Bertz CT molecular complexity index is 1200. The van der Waals surface area contributed by atoms with Crippen molar-refractivity contribution in [3.05, 3.63) is 46.6 Å². The van der Waals surface area contributed by atoms with E-state index in [-0.39, 0.29) is 12.2 Å². The highest BCUT2D eigenvalue weighted by Gasteiger charge is 2.25. The minimum absolute atomic E-state index is 0.120. The maximum Gasteiger partial charge on any atom is 0.334 e. The van der Waals surface area contributed by atoms with Crippen LogP contribution < -0.4 is 10.8 Å². The minimum Gasteiger partial charge on any atom is -0.389 e. The lowest BCUT2D eigenvalue weighted by atomic mass is 10.1. The van der Waals surface area contributed by atoms with Gasteiger partial charge in [-0.2, -0.15) is 5.26 Å². The second-order valence-electron chi connectivity index (χ2n) is 6.58. The summed E-state index contributed by atoms with van der Waals surface area (Å²) in [6.07, 6.45) is 2.58. The van der Waals surface area contributed by atoms with E-state index in [2.05, 4.69) is 4.98 Å². The van der Waals surface area contributed by atoms with Gasteiger partial charge in [0.05, 0.1) is 28.9 Å². The van der Waals surface area contributed by atoms with Crippen molar-refractivity contribution in [2.75, 3.05) is 0 Å². The molecule has 3 aromatic rings. The number of fused-ring (bicyclic) bond motifs is 1. The Labute approximate surface area is 149 Å². The zero-order valence-electron chi connectivity index (χ0n) is 14.1. The third-order valence-corrected chi connectivity index (χ3v) is 4.70. The fourth-order valence-electron chi connectivity index (χ4n) is 2.84. The van der Waals surface area contributed by atoms with Crippen LogP contribution in [0.3, 0.4) is 0 Å². The molecule has 26 heavy (non-hydrogen) atoms. The maximum atomic E-state index is 12.9. The Kier molecular flexibility index (Phi) is 4.03. The van der Waals surface area contributed by atoms with Crippen LogP contribution in [0.2, 0.25) is 0 Å². The average molecular weight is 375 g/mol. The molecular weight excluding hydrogens is 358 g/mol. The lowest BCUT2D eigenvalue weighted by molar-refractivity contribution is 0.0604. The molecule has 2 heterocycles. The summed E-state index contributed by atoms with van der Waals surface area (Å²) >= 11 is 0. The molecule has 0 spiro atoms. The van der Waals surface area contributed by atoms with Crippen molar-refractivity contribution in [1.82, 2.24) is 14.1 Å². The lowest BCUT2D eigenvalue weighted by Crippen LogP contribution is -2.33. The summed E-state index contributed by atoms with van der Waals surface area (Å²) in [6.45, 7) is 2.88. The van der Waals surface area contributed by atoms with Crippen LogP contribution in [0.5, 0.6) is 0 Å². The highest BCUT2D eigenvalue weighted by atomic mass is 32.2. The molecule has 9 nitrogen and oxygen atoms in total. The third kappa shape index (κ3) is 3.03. The number of hydrogen-bond acceptors (Lipinski definition) is 5. The minimum atomic E-state index is -4.22. The number of nitriles is 1. The van der Waals surface area contributed by atoms with E-state index in [1.165, 1.54) is 20.0 Å². The number of hydrogen-bond donors (Lipinski definition) is 3. The van der Waals surface area contributed by atoms with Crippen LogP contribution in [0.4, 0.5) is 0 Å². The lowest BCUT2D eigenvalue weighted by Gasteiger charge is -2.16. The second kappa shape index (κ2) is 5.84. The summed E-state index contributed by atoms with van der Waals surface area (Å²) < 4.78 is 26.1. The summed E-state index contributed by atoms with van der Waals surface area (Å²) in [5.41, 5.74) is -0.873. The van der Waals surface area contributed by atoms with Gasteiger partial charge in [0, 0.05) is 17.8 Å². The Morgan fingerprint density at radius 1 is 1.38 bits per heavy atom. The molecule has 0 aliphatic carbocycles. The highest BCUT2D eigenvalue weighted by Crippen LogP contribution is 2.25. The number of H-pyrrole nitrogens is 1. The Balaban J connectivity index is 2.37. The number of rotatable bonds is 4. The van der Waals surface area contributed by atoms with Crippen molar-refractivity contribution in [3.8, 4) is 11.8 Å². The predicted molar refractivity (Wildman–Crippen MR) is 94.3 cm³/mol. The van der Waals surface area contributed by atoms with Crippen LogP contribution in [0.1, 0.15) is 19.4 Å². The summed E-state index contributed by atoms with van der Waals surface area (Å²) in [5, 5.41) is 24.6. The third-order valence-electron chi connectivity index (χ3n) is 3.83. The molecule has 0 bridgehead atoms. The summed E-state index contributed by atoms with van der Waals surface area (Å²) in [6, 6.07) is 6.86.